The van der Waals surface area contributed by atoms with E-state index in [4.69, 9.17) is 9.15 Å². The van der Waals surface area contributed by atoms with E-state index in [1.54, 1.807) is 6.26 Å². The van der Waals surface area contributed by atoms with Gasteiger partial charge in [0, 0.05) is 32.5 Å². The molecule has 1 aliphatic heterocycles. The van der Waals surface area contributed by atoms with Crippen molar-refractivity contribution in [1.82, 2.24) is 4.90 Å². The van der Waals surface area contributed by atoms with Gasteiger partial charge in [-0.25, -0.2) is 4.79 Å². The smallest absolute Gasteiger partial charge is 0.348 e. The molecule has 0 radical (unpaired) electrons. The van der Waals surface area contributed by atoms with Crippen molar-refractivity contribution < 1.29 is 19.1 Å². The van der Waals surface area contributed by atoms with Crippen molar-refractivity contribution in [1.29, 1.82) is 0 Å². The van der Waals surface area contributed by atoms with Gasteiger partial charge in [-0.05, 0) is 42.8 Å². The number of furan rings is 1. The molecule has 1 fully saturated rings. The van der Waals surface area contributed by atoms with Crippen LogP contribution in [0.15, 0.2) is 53.2 Å². The third kappa shape index (κ3) is 4.31. The second-order valence-electron chi connectivity index (χ2n) is 6.44. The Morgan fingerprint density at radius 1 is 1.32 bits per heavy atom. The van der Waals surface area contributed by atoms with Crippen molar-refractivity contribution in [2.45, 2.75) is 25.4 Å². The summed E-state index contributed by atoms with van der Waals surface area (Å²) in [6.07, 6.45) is 6.54. The highest BCUT2D eigenvalue weighted by atomic mass is 16.5. The fraction of sp³-hybridized carbons (Fsp3) is 0.350. The van der Waals surface area contributed by atoms with Crippen LogP contribution in [0.25, 0.3) is 6.08 Å². The van der Waals surface area contributed by atoms with Gasteiger partial charge >= 0.3 is 5.97 Å². The molecule has 25 heavy (non-hydrogen) atoms. The van der Waals surface area contributed by atoms with Gasteiger partial charge in [-0.2, -0.15) is 0 Å². The maximum Gasteiger partial charge on any atom is 0.348 e. The van der Waals surface area contributed by atoms with Gasteiger partial charge < -0.3 is 14.3 Å². The number of ether oxygens (including phenoxy) is 1. The standard InChI is InChI=1S/C20H23NO4/c1-16-5-2-6-18(15-16)25-20(19(22)23)9-12-21(13-10-20)11-3-7-17-8-4-14-24-17/h2-8,14-15H,9-13H2,1H3,(H,22,23). The van der Waals surface area contributed by atoms with Crippen molar-refractivity contribution >= 4 is 12.0 Å². The highest BCUT2D eigenvalue weighted by Crippen LogP contribution is 2.29. The quantitative estimate of drug-likeness (QED) is 0.870. The minimum Gasteiger partial charge on any atom is -0.478 e. The summed E-state index contributed by atoms with van der Waals surface area (Å²) in [7, 11) is 0. The van der Waals surface area contributed by atoms with Crippen molar-refractivity contribution in [3.8, 4) is 5.75 Å². The van der Waals surface area contributed by atoms with E-state index in [1.165, 1.54) is 0 Å². The van der Waals surface area contributed by atoms with Gasteiger partial charge in [0.2, 0.25) is 5.60 Å². The molecule has 5 heteroatoms. The molecule has 1 aliphatic rings. The molecule has 0 aliphatic carbocycles. The third-order valence-corrected chi connectivity index (χ3v) is 4.55. The molecule has 0 bridgehead atoms. The molecule has 3 rings (SSSR count). The van der Waals surface area contributed by atoms with Gasteiger partial charge in [0.15, 0.2) is 0 Å². The Hall–Kier alpha value is -2.53. The fourth-order valence-corrected chi connectivity index (χ4v) is 3.06. The highest BCUT2D eigenvalue weighted by Gasteiger charge is 2.43. The van der Waals surface area contributed by atoms with E-state index in [2.05, 4.69) is 4.90 Å². The Morgan fingerprint density at radius 2 is 2.12 bits per heavy atom. The first-order chi connectivity index (χ1) is 12.1. The number of carbonyl (C=O) groups is 1. The number of hydrogen-bond donors (Lipinski definition) is 1. The van der Waals surface area contributed by atoms with E-state index in [0.29, 0.717) is 31.7 Å². The van der Waals surface area contributed by atoms with E-state index in [-0.39, 0.29) is 0 Å². The lowest BCUT2D eigenvalue weighted by Crippen LogP contribution is -2.53. The predicted molar refractivity (Wildman–Crippen MR) is 95.6 cm³/mol. The first-order valence-electron chi connectivity index (χ1n) is 8.49. The molecule has 1 saturated heterocycles. The third-order valence-electron chi connectivity index (χ3n) is 4.55. The van der Waals surface area contributed by atoms with Crippen molar-refractivity contribution in [2.75, 3.05) is 19.6 Å². The van der Waals surface area contributed by atoms with Gasteiger partial charge in [-0.15, -0.1) is 0 Å². The average Bonchev–Trinajstić information content (AvgIpc) is 3.10. The van der Waals surface area contributed by atoms with Crippen LogP contribution in [0.4, 0.5) is 0 Å². The summed E-state index contributed by atoms with van der Waals surface area (Å²) in [6.45, 7) is 4.09. The van der Waals surface area contributed by atoms with Gasteiger partial charge in [0.25, 0.3) is 0 Å². The first-order valence-corrected chi connectivity index (χ1v) is 8.49. The van der Waals surface area contributed by atoms with Crippen LogP contribution in [0, 0.1) is 6.92 Å². The topological polar surface area (TPSA) is 62.9 Å². The molecule has 0 unspecified atom stereocenters. The summed E-state index contributed by atoms with van der Waals surface area (Å²) in [4.78, 5) is 14.1. The normalized spacial score (nSPS) is 17.6. The summed E-state index contributed by atoms with van der Waals surface area (Å²) < 4.78 is 11.2. The Morgan fingerprint density at radius 3 is 2.76 bits per heavy atom. The van der Waals surface area contributed by atoms with Crippen LogP contribution in [0.5, 0.6) is 5.75 Å². The molecule has 1 aromatic carbocycles. The number of nitrogens with zero attached hydrogens (tertiary/aromatic N) is 1. The number of hydrogen-bond acceptors (Lipinski definition) is 4. The Balaban J connectivity index is 1.59. The van der Waals surface area contributed by atoms with Gasteiger partial charge in [-0.1, -0.05) is 18.2 Å². The zero-order valence-electron chi connectivity index (χ0n) is 14.4. The SMILES string of the molecule is Cc1cccc(OC2(C(=O)O)CCN(CC=Cc3ccco3)CC2)c1. The molecule has 132 valence electrons. The molecule has 0 atom stereocenters. The van der Waals surface area contributed by atoms with Crippen LogP contribution in [0.3, 0.4) is 0 Å². The zero-order valence-corrected chi connectivity index (χ0v) is 14.4. The van der Waals surface area contributed by atoms with E-state index in [0.717, 1.165) is 17.9 Å². The van der Waals surface area contributed by atoms with Crippen LogP contribution >= 0.6 is 0 Å². The van der Waals surface area contributed by atoms with E-state index >= 15 is 0 Å². The number of aryl methyl sites for hydroxylation is 1. The van der Waals surface area contributed by atoms with Crippen LogP contribution in [-0.2, 0) is 4.79 Å². The van der Waals surface area contributed by atoms with Crippen molar-refractivity contribution in [2.24, 2.45) is 0 Å². The van der Waals surface area contributed by atoms with Crippen LogP contribution in [-0.4, -0.2) is 41.2 Å². The van der Waals surface area contributed by atoms with Crippen LogP contribution in [0.1, 0.15) is 24.2 Å². The second-order valence-corrected chi connectivity index (χ2v) is 6.44. The average molecular weight is 341 g/mol. The minimum atomic E-state index is -1.14. The summed E-state index contributed by atoms with van der Waals surface area (Å²) in [5.41, 5.74) is -0.0896. The van der Waals surface area contributed by atoms with E-state index < -0.39 is 11.6 Å². The lowest BCUT2D eigenvalue weighted by atomic mass is 9.91. The molecule has 1 N–H and O–H groups in total. The van der Waals surface area contributed by atoms with Gasteiger partial charge in [0.1, 0.15) is 11.5 Å². The van der Waals surface area contributed by atoms with Crippen molar-refractivity contribution in [3.63, 3.8) is 0 Å². The van der Waals surface area contributed by atoms with Gasteiger partial charge in [0.05, 0.1) is 6.26 Å². The highest BCUT2D eigenvalue weighted by molar-refractivity contribution is 5.78. The molecule has 2 aromatic rings. The molecule has 0 spiro atoms. The molecular formula is C20H23NO4. The van der Waals surface area contributed by atoms with E-state index in [1.807, 2.05) is 55.5 Å². The summed E-state index contributed by atoms with van der Waals surface area (Å²) >= 11 is 0. The number of carboxylic acid groups (broad SMARTS) is 1. The summed E-state index contributed by atoms with van der Waals surface area (Å²) in [6, 6.07) is 11.3. The number of benzene rings is 1. The number of piperidine rings is 1. The van der Waals surface area contributed by atoms with Gasteiger partial charge in [-0.3, -0.25) is 4.90 Å². The number of likely N-dealkylation sites (tertiary alicyclic amines) is 1. The number of carboxylic acids is 1. The maximum atomic E-state index is 11.9. The molecular weight excluding hydrogens is 318 g/mol. The molecule has 2 heterocycles. The molecule has 0 saturated carbocycles. The molecule has 1 aromatic heterocycles. The Kier molecular flexibility index (Phi) is 5.24. The van der Waals surface area contributed by atoms with Crippen LogP contribution in [0.2, 0.25) is 0 Å². The summed E-state index contributed by atoms with van der Waals surface area (Å²) in [5, 5.41) is 9.74. The van der Waals surface area contributed by atoms with Crippen molar-refractivity contribution in [3.05, 3.63) is 60.1 Å². The van der Waals surface area contributed by atoms with E-state index in [9.17, 15) is 9.90 Å². The monoisotopic (exact) mass is 341 g/mol. The number of aliphatic carboxylic acids is 1. The Bertz CT molecular complexity index is 728. The lowest BCUT2D eigenvalue weighted by molar-refractivity contribution is -0.159. The minimum absolute atomic E-state index is 0.463. The first kappa shape index (κ1) is 17.3. The maximum absolute atomic E-state index is 11.9. The molecule has 0 amide bonds. The second kappa shape index (κ2) is 7.57. The lowest BCUT2D eigenvalue weighted by Gasteiger charge is -2.38. The largest absolute Gasteiger partial charge is 0.478 e. The zero-order chi connectivity index (χ0) is 17.7. The number of rotatable bonds is 6. The fourth-order valence-electron chi connectivity index (χ4n) is 3.06. The predicted octanol–water partition coefficient (Wildman–Crippen LogP) is 3.60. The van der Waals surface area contributed by atoms with Crippen LogP contribution < -0.4 is 4.74 Å². The Labute approximate surface area is 147 Å². The molecule has 5 nitrogen and oxygen atoms in total. The summed E-state index contributed by atoms with van der Waals surface area (Å²) in [5.74, 6) is 0.549.